The fourth-order valence-electron chi connectivity index (χ4n) is 3.25. The molecule has 0 aliphatic heterocycles. The lowest BCUT2D eigenvalue weighted by Gasteiger charge is -2.17. The average Bonchev–Trinajstić information content (AvgIpc) is 3.49. The third-order valence-electron chi connectivity index (χ3n) is 4.87. The lowest BCUT2D eigenvalue weighted by molar-refractivity contribution is 0.354. The zero-order chi connectivity index (χ0) is 21.9. The summed E-state index contributed by atoms with van der Waals surface area (Å²) < 4.78 is 16.2. The van der Waals surface area contributed by atoms with E-state index in [1.165, 1.54) is 10.4 Å². The minimum Gasteiger partial charge on any atom is -0.493 e. The van der Waals surface area contributed by atoms with Gasteiger partial charge < -0.3 is 24.5 Å². The molecule has 166 valence electrons. The van der Waals surface area contributed by atoms with Crippen molar-refractivity contribution < 1.29 is 13.9 Å². The summed E-state index contributed by atoms with van der Waals surface area (Å²) in [4.78, 5) is 5.99. The highest BCUT2D eigenvalue weighted by atomic mass is 32.1. The van der Waals surface area contributed by atoms with E-state index in [1.807, 2.05) is 24.3 Å². The highest BCUT2D eigenvalue weighted by Gasteiger charge is 2.10. The van der Waals surface area contributed by atoms with Crippen LogP contribution in [-0.2, 0) is 19.4 Å². The number of hydrogen-bond donors (Lipinski definition) is 2. The van der Waals surface area contributed by atoms with E-state index in [1.54, 1.807) is 31.8 Å². The van der Waals surface area contributed by atoms with E-state index in [2.05, 4.69) is 41.1 Å². The topological polar surface area (TPSA) is 68.0 Å². The van der Waals surface area contributed by atoms with Gasteiger partial charge >= 0.3 is 0 Å². The third-order valence-corrected chi connectivity index (χ3v) is 5.73. The minimum absolute atomic E-state index is 0.414. The van der Waals surface area contributed by atoms with Crippen molar-refractivity contribution in [2.24, 2.45) is 10.9 Å². The number of guanidine groups is 1. The molecule has 0 spiro atoms. The predicted octanol–water partition coefficient (Wildman–Crippen LogP) is 4.52. The number of ether oxygens (including phenoxy) is 2. The van der Waals surface area contributed by atoms with E-state index >= 15 is 0 Å². The molecule has 6 nitrogen and oxygen atoms in total. The third kappa shape index (κ3) is 7.36. The molecule has 31 heavy (non-hydrogen) atoms. The summed E-state index contributed by atoms with van der Waals surface area (Å²) in [7, 11) is 3.32. The first-order chi connectivity index (χ1) is 15.2. The molecule has 0 radical (unpaired) electrons. The maximum absolute atomic E-state index is 5.42. The van der Waals surface area contributed by atoms with Gasteiger partial charge in [-0.15, -0.1) is 11.3 Å². The van der Waals surface area contributed by atoms with Gasteiger partial charge in [-0.3, -0.25) is 0 Å². The number of furan rings is 1. The van der Waals surface area contributed by atoms with E-state index in [0.717, 1.165) is 49.1 Å². The Hall–Kier alpha value is -2.93. The summed E-state index contributed by atoms with van der Waals surface area (Å²) in [5.74, 6) is 3.71. The molecule has 7 heteroatoms. The maximum atomic E-state index is 5.42. The molecule has 1 atom stereocenters. The second-order valence-corrected chi connectivity index (χ2v) is 8.41. The smallest absolute Gasteiger partial charge is 0.191 e. The quantitative estimate of drug-likeness (QED) is 0.338. The second-order valence-electron chi connectivity index (χ2n) is 7.38. The normalized spacial score (nSPS) is 12.4. The van der Waals surface area contributed by atoms with Crippen LogP contribution >= 0.6 is 11.3 Å². The Morgan fingerprint density at radius 1 is 1.10 bits per heavy atom. The average molecular weight is 442 g/mol. The molecule has 2 aromatic heterocycles. The van der Waals surface area contributed by atoms with Gasteiger partial charge in [0.1, 0.15) is 5.76 Å². The molecular formula is C24H31N3O3S. The van der Waals surface area contributed by atoms with E-state index in [9.17, 15) is 0 Å². The largest absolute Gasteiger partial charge is 0.493 e. The van der Waals surface area contributed by atoms with Gasteiger partial charge in [0, 0.05) is 24.4 Å². The summed E-state index contributed by atoms with van der Waals surface area (Å²) >= 11 is 1.72. The Kier molecular flexibility index (Phi) is 8.84. The number of benzene rings is 1. The van der Waals surface area contributed by atoms with Gasteiger partial charge in [-0.05, 0) is 53.6 Å². The van der Waals surface area contributed by atoms with Crippen LogP contribution in [0.4, 0.5) is 0 Å². The maximum Gasteiger partial charge on any atom is 0.191 e. The number of aliphatic imine (C=N–C) groups is 1. The monoisotopic (exact) mass is 441 g/mol. The van der Waals surface area contributed by atoms with E-state index in [4.69, 9.17) is 18.9 Å². The van der Waals surface area contributed by atoms with Gasteiger partial charge in [0.2, 0.25) is 0 Å². The Morgan fingerprint density at radius 3 is 2.68 bits per heavy atom. The van der Waals surface area contributed by atoms with Crippen LogP contribution in [0.2, 0.25) is 0 Å². The number of rotatable bonds is 11. The van der Waals surface area contributed by atoms with Crippen molar-refractivity contribution in [1.82, 2.24) is 10.6 Å². The molecule has 0 aliphatic rings. The summed E-state index contributed by atoms with van der Waals surface area (Å²) in [5, 5.41) is 8.99. The van der Waals surface area contributed by atoms with Crippen LogP contribution in [0.5, 0.6) is 11.5 Å². The fourth-order valence-corrected chi connectivity index (χ4v) is 3.87. The number of nitrogens with one attached hydrogen (secondary N) is 2. The molecule has 0 saturated carbocycles. The number of thiophene rings is 1. The van der Waals surface area contributed by atoms with Gasteiger partial charge in [0.15, 0.2) is 17.5 Å². The second kappa shape index (κ2) is 12.1. The molecule has 3 rings (SSSR count). The van der Waals surface area contributed by atoms with Gasteiger partial charge in [0.25, 0.3) is 0 Å². The molecule has 0 bridgehead atoms. The molecule has 0 amide bonds. The van der Waals surface area contributed by atoms with E-state index in [0.29, 0.717) is 12.5 Å². The van der Waals surface area contributed by atoms with Crippen molar-refractivity contribution in [2.75, 3.05) is 27.3 Å². The Bertz CT molecular complexity index is 924. The van der Waals surface area contributed by atoms with Crippen LogP contribution in [0, 0.1) is 5.92 Å². The molecular weight excluding hydrogens is 410 g/mol. The van der Waals surface area contributed by atoms with Crippen molar-refractivity contribution in [3.05, 3.63) is 70.3 Å². The lowest BCUT2D eigenvalue weighted by atomic mass is 10.0. The molecule has 2 N–H and O–H groups in total. The standard InChI is InChI=1S/C24H31N3O3S/c1-18(14-19-8-9-22(28-2)23(15-19)29-3)16-26-24(27-17-21-7-5-13-31-21)25-11-10-20-6-4-12-30-20/h4-9,12-13,15,18H,10-11,14,16-17H2,1-3H3,(H2,25,26,27). The zero-order valence-electron chi connectivity index (χ0n) is 18.4. The first kappa shape index (κ1) is 22.7. The Labute approximate surface area is 188 Å². The molecule has 0 aliphatic carbocycles. The Morgan fingerprint density at radius 2 is 1.97 bits per heavy atom. The number of hydrogen-bond acceptors (Lipinski definition) is 5. The minimum atomic E-state index is 0.414. The summed E-state index contributed by atoms with van der Waals surface area (Å²) in [6.45, 7) is 4.46. The summed E-state index contributed by atoms with van der Waals surface area (Å²) in [5.41, 5.74) is 1.22. The predicted molar refractivity (Wildman–Crippen MR) is 126 cm³/mol. The van der Waals surface area contributed by atoms with Crippen molar-refractivity contribution in [2.45, 2.75) is 26.3 Å². The molecule has 2 heterocycles. The van der Waals surface area contributed by atoms with Crippen LogP contribution in [-0.4, -0.2) is 33.3 Å². The molecule has 3 aromatic rings. The molecule has 0 fully saturated rings. The van der Waals surface area contributed by atoms with Gasteiger partial charge in [-0.2, -0.15) is 0 Å². The highest BCUT2D eigenvalue weighted by Crippen LogP contribution is 2.28. The van der Waals surface area contributed by atoms with Crippen molar-refractivity contribution in [3.63, 3.8) is 0 Å². The first-order valence-electron chi connectivity index (χ1n) is 10.5. The SMILES string of the molecule is COc1ccc(CC(C)CNC(=NCc2cccs2)NCCc2ccco2)cc1OC. The lowest BCUT2D eigenvalue weighted by Crippen LogP contribution is -2.40. The fraction of sp³-hybridized carbons (Fsp3) is 0.375. The van der Waals surface area contributed by atoms with Gasteiger partial charge in [-0.1, -0.05) is 19.1 Å². The molecule has 1 aromatic carbocycles. The summed E-state index contributed by atoms with van der Waals surface area (Å²) in [6, 6.07) is 14.1. The highest BCUT2D eigenvalue weighted by molar-refractivity contribution is 7.09. The van der Waals surface area contributed by atoms with E-state index in [-0.39, 0.29) is 0 Å². The van der Waals surface area contributed by atoms with Gasteiger partial charge in [0.05, 0.1) is 27.0 Å². The number of methoxy groups -OCH3 is 2. The van der Waals surface area contributed by atoms with Crippen molar-refractivity contribution in [1.29, 1.82) is 0 Å². The van der Waals surface area contributed by atoms with Crippen molar-refractivity contribution >= 4 is 17.3 Å². The van der Waals surface area contributed by atoms with Crippen LogP contribution in [0.15, 0.2) is 63.5 Å². The zero-order valence-corrected chi connectivity index (χ0v) is 19.2. The van der Waals surface area contributed by atoms with E-state index < -0.39 is 0 Å². The molecule has 0 saturated heterocycles. The summed E-state index contributed by atoms with van der Waals surface area (Å²) in [6.07, 6.45) is 3.45. The Balaban J connectivity index is 1.54. The molecule has 1 unspecified atom stereocenters. The van der Waals surface area contributed by atoms with Crippen molar-refractivity contribution in [3.8, 4) is 11.5 Å². The van der Waals surface area contributed by atoms with Gasteiger partial charge in [-0.25, -0.2) is 4.99 Å². The first-order valence-corrected chi connectivity index (χ1v) is 11.3. The van der Waals surface area contributed by atoms with Crippen LogP contribution in [0.3, 0.4) is 0 Å². The van der Waals surface area contributed by atoms with Crippen LogP contribution in [0.25, 0.3) is 0 Å². The van der Waals surface area contributed by atoms with Crippen LogP contribution in [0.1, 0.15) is 23.1 Å². The number of nitrogens with zero attached hydrogens (tertiary/aromatic N) is 1. The van der Waals surface area contributed by atoms with Crippen LogP contribution < -0.4 is 20.1 Å².